The van der Waals surface area contributed by atoms with Crippen molar-refractivity contribution in [2.45, 2.75) is 70.9 Å². The molecule has 0 spiro atoms. The number of unbranched alkanes of at least 4 members (excludes halogenated alkanes) is 3. The molecule has 1 aromatic carbocycles. The minimum Gasteiger partial charge on any atom is -0.344 e. The molecule has 2 rings (SSSR count). The molecule has 0 aliphatic carbocycles. The van der Waals surface area contributed by atoms with Gasteiger partial charge in [0.15, 0.2) is 0 Å². The SMILES string of the molecule is CCCCCCC(=O)NC1CCCCN(Cc2cccc(Cl)c2)C1=O. The highest BCUT2D eigenvalue weighted by Gasteiger charge is 2.28. The number of hydrogen-bond acceptors (Lipinski definition) is 2. The second-order valence-electron chi connectivity index (χ2n) is 6.82. The first kappa shape index (κ1) is 19.8. The summed E-state index contributed by atoms with van der Waals surface area (Å²) in [4.78, 5) is 26.8. The monoisotopic (exact) mass is 364 g/mol. The highest BCUT2D eigenvalue weighted by atomic mass is 35.5. The van der Waals surface area contributed by atoms with Gasteiger partial charge in [0.2, 0.25) is 11.8 Å². The van der Waals surface area contributed by atoms with Crippen molar-refractivity contribution in [3.05, 3.63) is 34.9 Å². The Morgan fingerprint density at radius 1 is 1.28 bits per heavy atom. The van der Waals surface area contributed by atoms with E-state index >= 15 is 0 Å². The number of nitrogens with zero attached hydrogens (tertiary/aromatic N) is 1. The molecule has 4 nitrogen and oxygen atoms in total. The molecule has 2 amide bonds. The fourth-order valence-corrected chi connectivity index (χ4v) is 3.44. The maximum atomic E-state index is 12.8. The molecule has 1 unspecified atom stereocenters. The zero-order valence-corrected chi connectivity index (χ0v) is 15.9. The number of likely N-dealkylation sites (tertiary alicyclic amines) is 1. The van der Waals surface area contributed by atoms with Gasteiger partial charge in [-0.1, -0.05) is 49.9 Å². The van der Waals surface area contributed by atoms with E-state index in [0.717, 1.165) is 57.1 Å². The number of halogens is 1. The Bertz CT molecular complexity index is 577. The van der Waals surface area contributed by atoms with Crippen LogP contribution >= 0.6 is 11.6 Å². The van der Waals surface area contributed by atoms with Gasteiger partial charge in [-0.05, 0) is 43.4 Å². The third-order valence-corrected chi connectivity index (χ3v) is 4.87. The second-order valence-corrected chi connectivity index (χ2v) is 7.25. The molecule has 1 aromatic rings. The van der Waals surface area contributed by atoms with Gasteiger partial charge in [0, 0.05) is 24.5 Å². The van der Waals surface area contributed by atoms with E-state index in [-0.39, 0.29) is 17.9 Å². The van der Waals surface area contributed by atoms with Gasteiger partial charge < -0.3 is 10.2 Å². The highest BCUT2D eigenvalue weighted by Crippen LogP contribution is 2.18. The molecule has 1 atom stereocenters. The molecule has 1 N–H and O–H groups in total. The fourth-order valence-electron chi connectivity index (χ4n) is 3.23. The summed E-state index contributed by atoms with van der Waals surface area (Å²) in [5.41, 5.74) is 1.02. The molecule has 1 heterocycles. The van der Waals surface area contributed by atoms with Crippen molar-refractivity contribution in [3.63, 3.8) is 0 Å². The molecule has 1 saturated heterocycles. The summed E-state index contributed by atoms with van der Waals surface area (Å²) in [5.74, 6) is 0.0263. The van der Waals surface area contributed by atoms with E-state index in [4.69, 9.17) is 11.6 Å². The van der Waals surface area contributed by atoms with Crippen molar-refractivity contribution in [2.24, 2.45) is 0 Å². The van der Waals surface area contributed by atoms with Crippen molar-refractivity contribution < 1.29 is 9.59 Å². The van der Waals surface area contributed by atoms with Crippen LogP contribution in [0.5, 0.6) is 0 Å². The average molecular weight is 365 g/mol. The van der Waals surface area contributed by atoms with Crippen molar-refractivity contribution in [3.8, 4) is 0 Å². The molecule has 1 aliphatic heterocycles. The number of carbonyl (C=O) groups excluding carboxylic acids is 2. The lowest BCUT2D eigenvalue weighted by molar-refractivity contribution is -0.136. The summed E-state index contributed by atoms with van der Waals surface area (Å²) in [6.45, 7) is 3.43. The lowest BCUT2D eigenvalue weighted by Gasteiger charge is -2.25. The Kier molecular flexibility index (Phi) is 8.26. The number of benzene rings is 1. The summed E-state index contributed by atoms with van der Waals surface area (Å²) >= 11 is 6.04. The fraction of sp³-hybridized carbons (Fsp3) is 0.600. The van der Waals surface area contributed by atoms with Gasteiger partial charge in [-0.2, -0.15) is 0 Å². The van der Waals surface area contributed by atoms with Crippen LogP contribution in [-0.4, -0.2) is 29.3 Å². The predicted octanol–water partition coefficient (Wildman–Crippen LogP) is 4.31. The van der Waals surface area contributed by atoms with Crippen LogP contribution in [0.15, 0.2) is 24.3 Å². The Morgan fingerprint density at radius 2 is 2.12 bits per heavy atom. The van der Waals surface area contributed by atoms with Crippen molar-refractivity contribution in [1.29, 1.82) is 0 Å². The Balaban J connectivity index is 1.90. The van der Waals surface area contributed by atoms with Gasteiger partial charge in [-0.25, -0.2) is 0 Å². The van der Waals surface area contributed by atoms with E-state index in [1.54, 1.807) is 0 Å². The third-order valence-electron chi connectivity index (χ3n) is 4.64. The summed E-state index contributed by atoms with van der Waals surface area (Å²) in [6.07, 6.45) is 7.44. The Labute approximate surface area is 155 Å². The molecular formula is C20H29ClN2O2. The van der Waals surface area contributed by atoms with Crippen molar-refractivity contribution in [1.82, 2.24) is 10.2 Å². The third kappa shape index (κ3) is 6.69. The molecule has 0 aromatic heterocycles. The zero-order valence-electron chi connectivity index (χ0n) is 15.1. The summed E-state index contributed by atoms with van der Waals surface area (Å²) in [6, 6.07) is 7.21. The first-order valence-electron chi connectivity index (χ1n) is 9.42. The maximum Gasteiger partial charge on any atom is 0.245 e. The Hall–Kier alpha value is -1.55. The first-order valence-corrected chi connectivity index (χ1v) is 9.80. The molecule has 1 aliphatic rings. The first-order chi connectivity index (χ1) is 12.1. The number of hydrogen-bond donors (Lipinski definition) is 1. The van der Waals surface area contributed by atoms with E-state index < -0.39 is 0 Å². The van der Waals surface area contributed by atoms with Gasteiger partial charge in [-0.3, -0.25) is 9.59 Å². The van der Waals surface area contributed by atoms with Crippen LogP contribution in [0.3, 0.4) is 0 Å². The molecule has 1 fully saturated rings. The smallest absolute Gasteiger partial charge is 0.245 e. The summed E-state index contributed by atoms with van der Waals surface area (Å²) in [5, 5.41) is 3.63. The maximum absolute atomic E-state index is 12.8. The van der Waals surface area contributed by atoms with Crippen LogP contribution < -0.4 is 5.32 Å². The van der Waals surface area contributed by atoms with E-state index in [1.807, 2.05) is 29.2 Å². The topological polar surface area (TPSA) is 49.4 Å². The van der Waals surface area contributed by atoms with Gasteiger partial charge in [0.25, 0.3) is 0 Å². The molecule has 138 valence electrons. The normalized spacial score (nSPS) is 18.1. The van der Waals surface area contributed by atoms with E-state index in [2.05, 4.69) is 12.2 Å². The minimum absolute atomic E-state index is 0.000872. The van der Waals surface area contributed by atoms with Crippen molar-refractivity contribution in [2.75, 3.05) is 6.54 Å². The summed E-state index contributed by atoms with van der Waals surface area (Å²) in [7, 11) is 0. The molecule has 0 radical (unpaired) electrons. The largest absolute Gasteiger partial charge is 0.344 e. The molecule has 5 heteroatoms. The molecule has 0 saturated carbocycles. The molecular weight excluding hydrogens is 336 g/mol. The zero-order chi connectivity index (χ0) is 18.1. The van der Waals surface area contributed by atoms with Crippen molar-refractivity contribution >= 4 is 23.4 Å². The van der Waals surface area contributed by atoms with E-state index in [9.17, 15) is 9.59 Å². The molecule has 25 heavy (non-hydrogen) atoms. The highest BCUT2D eigenvalue weighted by molar-refractivity contribution is 6.30. The lowest BCUT2D eigenvalue weighted by atomic mass is 10.1. The van der Waals surface area contributed by atoms with Gasteiger partial charge >= 0.3 is 0 Å². The number of nitrogens with one attached hydrogen (secondary N) is 1. The quantitative estimate of drug-likeness (QED) is 0.699. The number of amides is 2. The standard InChI is InChI=1S/C20H29ClN2O2/c1-2-3-4-5-12-19(24)22-18-11-6-7-13-23(20(18)25)15-16-9-8-10-17(21)14-16/h8-10,14,18H,2-7,11-13,15H2,1H3,(H,22,24). The van der Waals surface area contributed by atoms with Gasteiger partial charge in [-0.15, -0.1) is 0 Å². The van der Waals surface area contributed by atoms with Crippen LogP contribution in [0.25, 0.3) is 0 Å². The molecule has 0 bridgehead atoms. The number of rotatable bonds is 8. The van der Waals surface area contributed by atoms with Crippen LogP contribution in [0.2, 0.25) is 5.02 Å². The van der Waals surface area contributed by atoms with Crippen LogP contribution in [0.1, 0.15) is 63.9 Å². The van der Waals surface area contributed by atoms with E-state index in [0.29, 0.717) is 18.0 Å². The predicted molar refractivity (Wildman–Crippen MR) is 101 cm³/mol. The lowest BCUT2D eigenvalue weighted by Crippen LogP contribution is -2.47. The van der Waals surface area contributed by atoms with Crippen LogP contribution in [-0.2, 0) is 16.1 Å². The van der Waals surface area contributed by atoms with Gasteiger partial charge in [0.05, 0.1) is 0 Å². The van der Waals surface area contributed by atoms with E-state index in [1.165, 1.54) is 0 Å². The van der Waals surface area contributed by atoms with Crippen LogP contribution in [0, 0.1) is 0 Å². The minimum atomic E-state index is -0.389. The van der Waals surface area contributed by atoms with Gasteiger partial charge in [0.1, 0.15) is 6.04 Å². The second kappa shape index (κ2) is 10.4. The summed E-state index contributed by atoms with van der Waals surface area (Å²) < 4.78 is 0. The Morgan fingerprint density at radius 3 is 2.88 bits per heavy atom. The van der Waals surface area contributed by atoms with Crippen LogP contribution in [0.4, 0.5) is 0 Å². The number of carbonyl (C=O) groups is 2. The average Bonchev–Trinajstić information content (AvgIpc) is 2.75.